The van der Waals surface area contributed by atoms with Crippen LogP contribution in [-0.4, -0.2) is 29.4 Å². The second-order valence-corrected chi connectivity index (χ2v) is 6.20. The first-order valence-corrected chi connectivity index (χ1v) is 8.82. The van der Waals surface area contributed by atoms with E-state index in [-0.39, 0.29) is 28.7 Å². The van der Waals surface area contributed by atoms with Crippen LogP contribution in [0.2, 0.25) is 0 Å². The number of nitrogens with zero attached hydrogens (tertiary/aromatic N) is 2. The van der Waals surface area contributed by atoms with E-state index < -0.39 is 4.92 Å². The van der Waals surface area contributed by atoms with Crippen LogP contribution in [0.3, 0.4) is 0 Å². The van der Waals surface area contributed by atoms with Crippen molar-refractivity contribution >= 4 is 11.6 Å². The Hall–Kier alpha value is -2.96. The van der Waals surface area contributed by atoms with Gasteiger partial charge in [-0.2, -0.15) is 0 Å². The molecule has 0 aromatic heterocycles. The standard InChI is InChI=1S/C20H23FN2O4/c1-3-4-5-12-22(14-15-6-9-17(21)10-7-15)20(24)16-8-11-19(27-2)18(13-16)23(25)26/h6-11,13H,3-5,12,14H2,1-2H3. The number of hydrogen-bond acceptors (Lipinski definition) is 4. The third-order valence-corrected chi connectivity index (χ3v) is 4.23. The number of rotatable bonds is 9. The number of methoxy groups -OCH3 is 1. The Morgan fingerprint density at radius 2 is 1.89 bits per heavy atom. The first-order chi connectivity index (χ1) is 13.0. The Morgan fingerprint density at radius 3 is 2.48 bits per heavy atom. The van der Waals surface area contributed by atoms with Crippen molar-refractivity contribution in [3.05, 3.63) is 69.5 Å². The van der Waals surface area contributed by atoms with Gasteiger partial charge in [0.1, 0.15) is 5.82 Å². The van der Waals surface area contributed by atoms with Gasteiger partial charge in [-0.05, 0) is 36.2 Å². The molecule has 7 heteroatoms. The van der Waals surface area contributed by atoms with E-state index in [9.17, 15) is 19.3 Å². The van der Waals surface area contributed by atoms with Gasteiger partial charge in [-0.1, -0.05) is 31.9 Å². The number of benzene rings is 2. The fourth-order valence-corrected chi connectivity index (χ4v) is 2.76. The number of halogens is 1. The van der Waals surface area contributed by atoms with E-state index in [4.69, 9.17) is 4.74 Å². The highest BCUT2D eigenvalue weighted by molar-refractivity contribution is 5.95. The molecule has 0 heterocycles. The van der Waals surface area contributed by atoms with Crippen LogP contribution in [-0.2, 0) is 6.54 Å². The van der Waals surface area contributed by atoms with Gasteiger partial charge in [0.2, 0.25) is 0 Å². The fourth-order valence-electron chi connectivity index (χ4n) is 2.76. The van der Waals surface area contributed by atoms with Crippen LogP contribution in [0.15, 0.2) is 42.5 Å². The number of amides is 1. The Labute approximate surface area is 157 Å². The highest BCUT2D eigenvalue weighted by Crippen LogP contribution is 2.28. The maximum absolute atomic E-state index is 13.1. The average molecular weight is 374 g/mol. The van der Waals surface area contributed by atoms with Crippen molar-refractivity contribution in [2.24, 2.45) is 0 Å². The third kappa shape index (κ3) is 5.51. The van der Waals surface area contributed by atoms with Gasteiger partial charge < -0.3 is 9.64 Å². The van der Waals surface area contributed by atoms with Crippen molar-refractivity contribution in [3.8, 4) is 5.75 Å². The lowest BCUT2D eigenvalue weighted by atomic mass is 10.1. The van der Waals surface area contributed by atoms with E-state index in [0.717, 1.165) is 24.8 Å². The molecule has 0 aliphatic rings. The Morgan fingerprint density at radius 1 is 1.19 bits per heavy atom. The molecule has 0 spiro atoms. The smallest absolute Gasteiger partial charge is 0.311 e. The zero-order valence-corrected chi connectivity index (χ0v) is 15.5. The monoisotopic (exact) mass is 374 g/mol. The van der Waals surface area contributed by atoms with Gasteiger partial charge in [0.25, 0.3) is 5.91 Å². The summed E-state index contributed by atoms with van der Waals surface area (Å²) in [5.41, 5.74) is 0.768. The molecule has 2 aromatic rings. The van der Waals surface area contributed by atoms with E-state index >= 15 is 0 Å². The predicted molar refractivity (Wildman–Crippen MR) is 100 cm³/mol. The van der Waals surface area contributed by atoms with E-state index in [0.29, 0.717) is 13.1 Å². The second-order valence-electron chi connectivity index (χ2n) is 6.20. The zero-order chi connectivity index (χ0) is 19.8. The van der Waals surface area contributed by atoms with Gasteiger partial charge in [-0.25, -0.2) is 4.39 Å². The average Bonchev–Trinajstić information content (AvgIpc) is 2.67. The summed E-state index contributed by atoms with van der Waals surface area (Å²) in [6.45, 7) is 2.89. The van der Waals surface area contributed by atoms with Crippen molar-refractivity contribution in [1.29, 1.82) is 0 Å². The lowest BCUT2D eigenvalue weighted by Gasteiger charge is -2.23. The third-order valence-electron chi connectivity index (χ3n) is 4.23. The van der Waals surface area contributed by atoms with Crippen LogP contribution in [0.4, 0.5) is 10.1 Å². The quantitative estimate of drug-likeness (QED) is 0.366. The van der Waals surface area contributed by atoms with Crippen molar-refractivity contribution in [2.45, 2.75) is 32.7 Å². The molecule has 0 fully saturated rings. The largest absolute Gasteiger partial charge is 0.490 e. The Balaban J connectivity index is 2.27. The van der Waals surface area contributed by atoms with E-state index in [1.807, 2.05) is 0 Å². The van der Waals surface area contributed by atoms with Crippen LogP contribution < -0.4 is 4.74 Å². The summed E-state index contributed by atoms with van der Waals surface area (Å²) in [5, 5.41) is 11.2. The minimum atomic E-state index is -0.572. The lowest BCUT2D eigenvalue weighted by molar-refractivity contribution is -0.385. The topological polar surface area (TPSA) is 72.7 Å². The van der Waals surface area contributed by atoms with Gasteiger partial charge in [0, 0.05) is 24.7 Å². The summed E-state index contributed by atoms with van der Waals surface area (Å²) in [6.07, 6.45) is 2.80. The number of ether oxygens (including phenoxy) is 1. The first-order valence-electron chi connectivity index (χ1n) is 8.82. The molecule has 0 bridgehead atoms. The second kappa shape index (κ2) is 9.66. The number of hydrogen-bond donors (Lipinski definition) is 0. The molecule has 2 rings (SSSR count). The summed E-state index contributed by atoms with van der Waals surface area (Å²) in [7, 11) is 1.34. The van der Waals surface area contributed by atoms with Crippen molar-refractivity contribution in [1.82, 2.24) is 4.90 Å². The predicted octanol–water partition coefficient (Wildman–Crippen LogP) is 4.58. The van der Waals surface area contributed by atoms with E-state index in [1.54, 1.807) is 17.0 Å². The summed E-state index contributed by atoms with van der Waals surface area (Å²) in [6, 6.07) is 10.1. The summed E-state index contributed by atoms with van der Waals surface area (Å²) < 4.78 is 18.1. The van der Waals surface area contributed by atoms with Gasteiger partial charge in [-0.3, -0.25) is 14.9 Å². The van der Waals surface area contributed by atoms with Crippen LogP contribution in [0.5, 0.6) is 5.75 Å². The van der Waals surface area contributed by atoms with Crippen molar-refractivity contribution in [3.63, 3.8) is 0 Å². The molecule has 27 heavy (non-hydrogen) atoms. The molecule has 1 amide bonds. The molecule has 0 saturated carbocycles. The van der Waals surface area contributed by atoms with Gasteiger partial charge in [0.15, 0.2) is 5.75 Å². The number of nitro groups is 1. The molecule has 0 saturated heterocycles. The molecule has 2 aromatic carbocycles. The minimum absolute atomic E-state index is 0.104. The van der Waals surface area contributed by atoms with Gasteiger partial charge in [0.05, 0.1) is 12.0 Å². The molecule has 0 unspecified atom stereocenters. The first kappa shape index (κ1) is 20.4. The molecule has 0 atom stereocenters. The van der Waals surface area contributed by atoms with E-state index in [1.165, 1.54) is 37.4 Å². The minimum Gasteiger partial charge on any atom is -0.490 e. The molecule has 144 valence electrons. The summed E-state index contributed by atoms with van der Waals surface area (Å²) in [4.78, 5) is 25.3. The maximum Gasteiger partial charge on any atom is 0.311 e. The normalized spacial score (nSPS) is 10.5. The van der Waals surface area contributed by atoms with Crippen LogP contribution in [0.1, 0.15) is 42.1 Å². The van der Waals surface area contributed by atoms with Crippen LogP contribution in [0.25, 0.3) is 0 Å². The number of unbranched alkanes of at least 4 members (excludes halogenated alkanes) is 2. The molecule has 0 radical (unpaired) electrons. The highest BCUT2D eigenvalue weighted by Gasteiger charge is 2.22. The van der Waals surface area contributed by atoms with Crippen LogP contribution in [0, 0.1) is 15.9 Å². The van der Waals surface area contributed by atoms with E-state index in [2.05, 4.69) is 6.92 Å². The number of carbonyl (C=O) groups is 1. The molecule has 0 N–H and O–H groups in total. The zero-order valence-electron chi connectivity index (χ0n) is 15.5. The number of carbonyl (C=O) groups excluding carboxylic acids is 1. The maximum atomic E-state index is 13.1. The highest BCUT2D eigenvalue weighted by atomic mass is 19.1. The Bertz CT molecular complexity index is 793. The van der Waals surface area contributed by atoms with Crippen molar-refractivity contribution < 1.29 is 18.8 Å². The molecular formula is C20H23FN2O4. The SMILES string of the molecule is CCCCCN(Cc1ccc(F)cc1)C(=O)c1ccc(OC)c([N+](=O)[O-])c1. The summed E-state index contributed by atoms with van der Waals surface area (Å²) >= 11 is 0. The molecule has 0 aliphatic heterocycles. The number of nitro benzene ring substituents is 1. The fraction of sp³-hybridized carbons (Fsp3) is 0.350. The van der Waals surface area contributed by atoms with Crippen molar-refractivity contribution in [2.75, 3.05) is 13.7 Å². The molecular weight excluding hydrogens is 351 g/mol. The Kier molecular flexibility index (Phi) is 7.28. The summed E-state index contributed by atoms with van der Waals surface area (Å²) in [5.74, 6) is -0.540. The van der Waals surface area contributed by atoms with Gasteiger partial charge >= 0.3 is 5.69 Å². The molecule has 0 aliphatic carbocycles. The lowest BCUT2D eigenvalue weighted by Crippen LogP contribution is -2.31. The van der Waals surface area contributed by atoms with Gasteiger partial charge in [-0.15, -0.1) is 0 Å². The molecule has 6 nitrogen and oxygen atoms in total. The van der Waals surface area contributed by atoms with Crippen LogP contribution >= 0.6 is 0 Å².